The maximum Gasteiger partial charge on any atom is 0.192 e. The molecular formula is C15H22O2. The lowest BCUT2D eigenvalue weighted by Crippen LogP contribution is -2.36. The van der Waals surface area contributed by atoms with Gasteiger partial charge in [-0.15, -0.1) is 0 Å². The monoisotopic (exact) mass is 234 g/mol. The smallest absolute Gasteiger partial charge is 0.192 e. The molecule has 0 aromatic heterocycles. The molecule has 2 nitrogen and oxygen atoms in total. The second kappa shape index (κ2) is 5.01. The van der Waals surface area contributed by atoms with E-state index < -0.39 is 6.10 Å². The molecule has 0 radical (unpaired) electrons. The molecule has 0 bridgehead atoms. The summed E-state index contributed by atoms with van der Waals surface area (Å²) < 4.78 is 5.37. The first-order valence-electron chi connectivity index (χ1n) is 5.91. The van der Waals surface area contributed by atoms with Crippen molar-refractivity contribution in [2.45, 2.75) is 40.7 Å². The van der Waals surface area contributed by atoms with E-state index in [1.807, 2.05) is 52.8 Å². The van der Waals surface area contributed by atoms with Gasteiger partial charge in [-0.05, 0) is 24.8 Å². The van der Waals surface area contributed by atoms with Gasteiger partial charge in [-0.2, -0.15) is 0 Å². The number of carbonyl (C=O) groups excluding carboxylic acids is 1. The minimum atomic E-state index is -0.399. The number of hydrogen-bond donors (Lipinski definition) is 0. The van der Waals surface area contributed by atoms with Crippen molar-refractivity contribution in [3.05, 3.63) is 34.9 Å². The number of methoxy groups -OCH3 is 1. The molecule has 1 rings (SSSR count). The highest BCUT2D eigenvalue weighted by atomic mass is 16.5. The molecule has 1 unspecified atom stereocenters. The SMILES string of the molecule is COC(C(=O)c1ccc(C)cc1C)C(C)(C)C. The lowest BCUT2D eigenvalue weighted by Gasteiger charge is -2.28. The summed E-state index contributed by atoms with van der Waals surface area (Å²) in [4.78, 5) is 12.4. The number of benzene rings is 1. The van der Waals surface area contributed by atoms with Gasteiger partial charge < -0.3 is 4.74 Å². The average Bonchev–Trinajstić information content (AvgIpc) is 2.15. The summed E-state index contributed by atoms with van der Waals surface area (Å²) in [5.41, 5.74) is 2.76. The number of Topliss-reactive ketones (excluding diaryl/α,β-unsaturated/α-hetero) is 1. The summed E-state index contributed by atoms with van der Waals surface area (Å²) in [6.45, 7) is 10.0. The molecule has 1 atom stereocenters. The minimum absolute atomic E-state index is 0.0671. The molecule has 1 aromatic rings. The van der Waals surface area contributed by atoms with Gasteiger partial charge in [0, 0.05) is 12.7 Å². The van der Waals surface area contributed by atoms with Crippen molar-refractivity contribution in [2.75, 3.05) is 7.11 Å². The van der Waals surface area contributed by atoms with Crippen LogP contribution in [0.2, 0.25) is 0 Å². The van der Waals surface area contributed by atoms with Crippen molar-refractivity contribution in [1.29, 1.82) is 0 Å². The number of aryl methyl sites for hydroxylation is 2. The Morgan fingerprint density at radius 1 is 1.24 bits per heavy atom. The van der Waals surface area contributed by atoms with Gasteiger partial charge in [0.05, 0.1) is 0 Å². The van der Waals surface area contributed by atoms with E-state index in [2.05, 4.69) is 0 Å². The highest BCUT2D eigenvalue weighted by molar-refractivity contribution is 6.01. The van der Waals surface area contributed by atoms with Gasteiger partial charge in [0.1, 0.15) is 6.10 Å². The molecule has 0 heterocycles. The molecule has 1 aromatic carbocycles. The Kier molecular flexibility index (Phi) is 4.10. The number of ketones is 1. The average molecular weight is 234 g/mol. The predicted octanol–water partition coefficient (Wildman–Crippen LogP) is 3.55. The van der Waals surface area contributed by atoms with Crippen LogP contribution in [0.1, 0.15) is 42.3 Å². The first-order chi connectivity index (χ1) is 7.77. The molecule has 0 aliphatic heterocycles. The second-order valence-electron chi connectivity index (χ2n) is 5.66. The number of hydrogen-bond acceptors (Lipinski definition) is 2. The van der Waals surface area contributed by atoms with Crippen molar-refractivity contribution in [1.82, 2.24) is 0 Å². The van der Waals surface area contributed by atoms with Crippen molar-refractivity contribution in [3.8, 4) is 0 Å². The van der Waals surface area contributed by atoms with Gasteiger partial charge in [0.15, 0.2) is 5.78 Å². The molecule has 0 fully saturated rings. The molecule has 0 amide bonds. The molecule has 0 N–H and O–H groups in total. The summed E-state index contributed by atoms with van der Waals surface area (Å²) in [7, 11) is 1.59. The molecule has 0 spiro atoms. The normalized spacial score (nSPS) is 13.5. The topological polar surface area (TPSA) is 26.3 Å². The fourth-order valence-corrected chi connectivity index (χ4v) is 2.09. The van der Waals surface area contributed by atoms with E-state index in [9.17, 15) is 4.79 Å². The highest BCUT2D eigenvalue weighted by Gasteiger charge is 2.32. The lowest BCUT2D eigenvalue weighted by atomic mass is 9.83. The zero-order valence-electron chi connectivity index (χ0n) is 11.6. The predicted molar refractivity (Wildman–Crippen MR) is 70.5 cm³/mol. The minimum Gasteiger partial charge on any atom is -0.373 e. The first-order valence-corrected chi connectivity index (χ1v) is 5.91. The third-order valence-corrected chi connectivity index (χ3v) is 2.91. The Balaban J connectivity index is 3.11. The fraction of sp³-hybridized carbons (Fsp3) is 0.533. The molecule has 94 valence electrons. The summed E-state index contributed by atoms with van der Waals surface area (Å²) in [6.07, 6.45) is -0.399. The van der Waals surface area contributed by atoms with Gasteiger partial charge >= 0.3 is 0 Å². The van der Waals surface area contributed by atoms with Crippen LogP contribution in [0.25, 0.3) is 0 Å². The van der Waals surface area contributed by atoms with Gasteiger partial charge in [0.25, 0.3) is 0 Å². The molecule has 0 aliphatic carbocycles. The Morgan fingerprint density at radius 2 is 1.82 bits per heavy atom. The van der Waals surface area contributed by atoms with Crippen LogP contribution in [0.5, 0.6) is 0 Å². The molecule has 2 heteroatoms. The molecule has 0 saturated carbocycles. The van der Waals surface area contributed by atoms with Crippen LogP contribution >= 0.6 is 0 Å². The van der Waals surface area contributed by atoms with Crippen LogP contribution in [0.3, 0.4) is 0 Å². The van der Waals surface area contributed by atoms with Gasteiger partial charge in [0.2, 0.25) is 0 Å². The van der Waals surface area contributed by atoms with Crippen LogP contribution in [0.15, 0.2) is 18.2 Å². The van der Waals surface area contributed by atoms with Crippen molar-refractivity contribution < 1.29 is 9.53 Å². The Labute approximate surface area is 104 Å². The van der Waals surface area contributed by atoms with Gasteiger partial charge in [-0.3, -0.25) is 4.79 Å². The maximum absolute atomic E-state index is 12.4. The third kappa shape index (κ3) is 3.16. The summed E-state index contributed by atoms with van der Waals surface area (Å²) >= 11 is 0. The van der Waals surface area contributed by atoms with Crippen LogP contribution < -0.4 is 0 Å². The quantitative estimate of drug-likeness (QED) is 0.748. The second-order valence-corrected chi connectivity index (χ2v) is 5.66. The summed E-state index contributed by atoms with van der Waals surface area (Å²) in [5, 5.41) is 0. The van der Waals surface area contributed by atoms with Crippen LogP contribution in [0.4, 0.5) is 0 Å². The summed E-state index contributed by atoms with van der Waals surface area (Å²) in [6, 6.07) is 5.89. The molecular weight excluding hydrogens is 212 g/mol. The maximum atomic E-state index is 12.4. The largest absolute Gasteiger partial charge is 0.373 e. The van der Waals surface area contributed by atoms with E-state index in [-0.39, 0.29) is 11.2 Å². The molecule has 17 heavy (non-hydrogen) atoms. The van der Waals surface area contributed by atoms with E-state index in [4.69, 9.17) is 4.74 Å². The van der Waals surface area contributed by atoms with Crippen molar-refractivity contribution in [2.24, 2.45) is 5.41 Å². The summed E-state index contributed by atoms with van der Waals surface area (Å²) in [5.74, 6) is 0.0671. The van der Waals surface area contributed by atoms with Gasteiger partial charge in [-0.25, -0.2) is 0 Å². The standard InChI is InChI=1S/C15H22O2/c1-10-7-8-12(11(2)9-10)13(16)14(17-6)15(3,4)5/h7-9,14H,1-6H3. The van der Waals surface area contributed by atoms with Gasteiger partial charge in [-0.1, -0.05) is 44.5 Å². The zero-order valence-corrected chi connectivity index (χ0v) is 11.6. The first kappa shape index (κ1) is 13.9. The third-order valence-electron chi connectivity index (χ3n) is 2.91. The Hall–Kier alpha value is -1.15. The number of rotatable bonds is 3. The van der Waals surface area contributed by atoms with Crippen molar-refractivity contribution >= 4 is 5.78 Å². The van der Waals surface area contributed by atoms with E-state index in [1.165, 1.54) is 5.56 Å². The van der Waals surface area contributed by atoms with Crippen LogP contribution in [0, 0.1) is 19.3 Å². The van der Waals surface area contributed by atoms with E-state index >= 15 is 0 Å². The fourth-order valence-electron chi connectivity index (χ4n) is 2.09. The molecule has 0 aliphatic rings. The zero-order chi connectivity index (χ0) is 13.2. The van der Waals surface area contributed by atoms with Crippen molar-refractivity contribution in [3.63, 3.8) is 0 Å². The van der Waals surface area contributed by atoms with Crippen LogP contribution in [-0.2, 0) is 4.74 Å². The number of ether oxygens (including phenoxy) is 1. The van der Waals surface area contributed by atoms with E-state index in [0.29, 0.717) is 0 Å². The van der Waals surface area contributed by atoms with E-state index in [1.54, 1.807) is 7.11 Å². The lowest BCUT2D eigenvalue weighted by molar-refractivity contribution is 0.0195. The number of carbonyl (C=O) groups is 1. The van der Waals surface area contributed by atoms with Crippen LogP contribution in [-0.4, -0.2) is 19.0 Å². The Morgan fingerprint density at radius 3 is 2.24 bits per heavy atom. The van der Waals surface area contributed by atoms with E-state index in [0.717, 1.165) is 11.1 Å². The highest BCUT2D eigenvalue weighted by Crippen LogP contribution is 2.26. The molecule has 0 saturated heterocycles. The Bertz CT molecular complexity index is 413.